The molecule has 0 unspecified atom stereocenters. The highest BCUT2D eigenvalue weighted by Crippen LogP contribution is 2.30. The summed E-state index contributed by atoms with van der Waals surface area (Å²) in [7, 11) is 0. The van der Waals surface area contributed by atoms with Crippen LogP contribution in [0.1, 0.15) is 78.7 Å². The molecular weight excluding hydrogens is 368 g/mol. The normalized spacial score (nSPS) is 10.7. The molecule has 0 fully saturated rings. The van der Waals surface area contributed by atoms with Gasteiger partial charge in [-0.15, -0.1) is 0 Å². The Morgan fingerprint density at radius 1 is 0.966 bits per heavy atom. The average Bonchev–Trinajstić information content (AvgIpc) is 2.70. The van der Waals surface area contributed by atoms with Gasteiger partial charge in [0.1, 0.15) is 0 Å². The van der Waals surface area contributed by atoms with Crippen molar-refractivity contribution in [2.24, 2.45) is 0 Å². The van der Waals surface area contributed by atoms with Crippen LogP contribution in [0.5, 0.6) is 0 Å². The molecule has 6 heteroatoms. The molecule has 4 N–H and O–H groups in total. The molecule has 0 spiro atoms. The molecule has 154 valence electrons. The minimum atomic E-state index is -1.21. The Balaban J connectivity index is 2.56. The number of carboxylic acid groups (broad SMARTS) is 1. The molecule has 2 aromatic rings. The van der Waals surface area contributed by atoms with E-state index in [1.165, 1.54) is 18.2 Å². The smallest absolute Gasteiger partial charge is 0.336 e. The van der Waals surface area contributed by atoms with Gasteiger partial charge in [-0.05, 0) is 68.5 Å². The molecule has 0 radical (unpaired) electrons. The molecule has 0 saturated carbocycles. The van der Waals surface area contributed by atoms with E-state index < -0.39 is 11.9 Å². The van der Waals surface area contributed by atoms with E-state index in [2.05, 4.69) is 5.32 Å². The van der Waals surface area contributed by atoms with Crippen molar-refractivity contribution in [3.8, 4) is 0 Å². The van der Waals surface area contributed by atoms with Gasteiger partial charge in [0, 0.05) is 23.4 Å². The number of ketones is 1. The summed E-state index contributed by atoms with van der Waals surface area (Å²) in [4.78, 5) is 37.4. The fraction of sp³-hybridized carbons (Fsp3) is 0.348. The third-order valence-corrected chi connectivity index (χ3v) is 5.48. The van der Waals surface area contributed by atoms with Crippen molar-refractivity contribution in [1.29, 1.82) is 0 Å². The molecule has 2 aromatic carbocycles. The van der Waals surface area contributed by atoms with Crippen LogP contribution in [-0.4, -0.2) is 29.3 Å². The number of hydrogen-bond donors (Lipinski definition) is 3. The lowest BCUT2D eigenvalue weighted by Crippen LogP contribution is -2.26. The maximum atomic E-state index is 13.3. The van der Waals surface area contributed by atoms with E-state index in [0.717, 1.165) is 35.1 Å². The molecule has 29 heavy (non-hydrogen) atoms. The number of nitrogens with two attached hydrogens (primary N) is 1. The highest BCUT2D eigenvalue weighted by molar-refractivity contribution is 6.14. The van der Waals surface area contributed by atoms with E-state index >= 15 is 0 Å². The van der Waals surface area contributed by atoms with Gasteiger partial charge in [0.25, 0.3) is 5.91 Å². The van der Waals surface area contributed by atoms with Crippen molar-refractivity contribution in [3.05, 3.63) is 62.7 Å². The summed E-state index contributed by atoms with van der Waals surface area (Å²) in [5, 5.41) is 12.2. The molecule has 0 bridgehead atoms. The predicted octanol–water partition coefficient (Wildman–Crippen LogP) is 3.96. The molecule has 0 atom stereocenters. The molecule has 2 rings (SSSR count). The Morgan fingerprint density at radius 3 is 2.07 bits per heavy atom. The summed E-state index contributed by atoms with van der Waals surface area (Å²) >= 11 is 0. The summed E-state index contributed by atoms with van der Waals surface area (Å²) in [6.45, 7) is 9.86. The van der Waals surface area contributed by atoms with Gasteiger partial charge in [0.15, 0.2) is 5.78 Å². The van der Waals surface area contributed by atoms with Gasteiger partial charge in [0.2, 0.25) is 0 Å². The molecular formula is C23H28N2O4. The van der Waals surface area contributed by atoms with E-state index in [1.54, 1.807) is 0 Å². The van der Waals surface area contributed by atoms with E-state index in [1.807, 2.05) is 34.6 Å². The molecule has 0 aliphatic carbocycles. The molecule has 1 amide bonds. The van der Waals surface area contributed by atoms with Crippen molar-refractivity contribution >= 4 is 23.3 Å². The second-order valence-electron chi connectivity index (χ2n) is 7.29. The van der Waals surface area contributed by atoms with E-state index in [9.17, 15) is 19.5 Å². The van der Waals surface area contributed by atoms with Gasteiger partial charge < -0.3 is 16.2 Å². The van der Waals surface area contributed by atoms with E-state index in [4.69, 9.17) is 5.73 Å². The summed E-state index contributed by atoms with van der Waals surface area (Å²) in [5.41, 5.74) is 10.7. The second-order valence-corrected chi connectivity index (χ2v) is 7.29. The Kier molecular flexibility index (Phi) is 6.80. The van der Waals surface area contributed by atoms with Gasteiger partial charge in [-0.25, -0.2) is 4.79 Å². The predicted molar refractivity (Wildman–Crippen MR) is 114 cm³/mol. The van der Waals surface area contributed by atoms with Gasteiger partial charge >= 0.3 is 5.97 Å². The fourth-order valence-corrected chi connectivity index (χ4v) is 3.36. The fourth-order valence-electron chi connectivity index (χ4n) is 3.36. The van der Waals surface area contributed by atoms with Crippen LogP contribution >= 0.6 is 0 Å². The van der Waals surface area contributed by atoms with E-state index in [0.29, 0.717) is 17.8 Å². The van der Waals surface area contributed by atoms with Crippen LogP contribution in [0.15, 0.2) is 18.2 Å². The highest BCUT2D eigenvalue weighted by atomic mass is 16.4. The highest BCUT2D eigenvalue weighted by Gasteiger charge is 2.23. The Hall–Kier alpha value is -3.15. The Labute approximate surface area is 171 Å². The minimum absolute atomic E-state index is 0.0151. The molecule has 0 aromatic heterocycles. The van der Waals surface area contributed by atoms with Crippen LogP contribution in [0.4, 0.5) is 5.69 Å². The summed E-state index contributed by atoms with van der Waals surface area (Å²) in [6, 6.07) is 4.13. The Bertz CT molecular complexity index is 964. The van der Waals surface area contributed by atoms with Crippen molar-refractivity contribution in [2.75, 3.05) is 12.3 Å². The monoisotopic (exact) mass is 396 g/mol. The first-order valence-corrected chi connectivity index (χ1v) is 9.67. The number of carbonyl (C=O) groups excluding carboxylic acids is 2. The zero-order valence-electron chi connectivity index (χ0n) is 17.6. The number of benzene rings is 2. The first kappa shape index (κ1) is 22.1. The summed E-state index contributed by atoms with van der Waals surface area (Å²) in [6.07, 6.45) is 1.69. The van der Waals surface area contributed by atoms with Gasteiger partial charge in [0.05, 0.1) is 11.1 Å². The molecule has 0 aliphatic heterocycles. The summed E-state index contributed by atoms with van der Waals surface area (Å²) in [5.74, 6) is -1.97. The standard InChI is InChI=1S/C23H28N2O4/c1-6-7-10-25-22(27)18-11-16(8-9-17(18)23(28)29)21(26)19-12(2)14(4)20(24)15(5)13(19)3/h8-9,11H,6-7,10,24H2,1-5H3,(H,25,27)(H,28,29). The maximum absolute atomic E-state index is 13.3. The van der Waals surface area contributed by atoms with Crippen molar-refractivity contribution in [1.82, 2.24) is 5.32 Å². The van der Waals surface area contributed by atoms with Gasteiger partial charge in [-0.2, -0.15) is 0 Å². The quantitative estimate of drug-likeness (QED) is 0.373. The number of rotatable bonds is 7. The molecule has 6 nitrogen and oxygen atoms in total. The SMILES string of the molecule is CCCCNC(=O)c1cc(C(=O)c2c(C)c(C)c(N)c(C)c2C)ccc1C(=O)O. The first-order chi connectivity index (χ1) is 13.6. The summed E-state index contributed by atoms with van der Waals surface area (Å²) < 4.78 is 0. The number of amides is 1. The number of carboxylic acids is 1. The number of nitrogen functional groups attached to an aromatic ring is 1. The number of hydrogen-bond acceptors (Lipinski definition) is 4. The number of unbranched alkanes of at least 4 members (excludes halogenated alkanes) is 1. The van der Waals surface area contributed by atoms with Crippen molar-refractivity contribution < 1.29 is 19.5 Å². The number of carbonyl (C=O) groups is 3. The maximum Gasteiger partial charge on any atom is 0.336 e. The average molecular weight is 396 g/mol. The van der Waals surface area contributed by atoms with Crippen LogP contribution in [0.25, 0.3) is 0 Å². The van der Waals surface area contributed by atoms with E-state index in [-0.39, 0.29) is 22.5 Å². The number of anilines is 1. The van der Waals surface area contributed by atoms with Crippen LogP contribution < -0.4 is 11.1 Å². The van der Waals surface area contributed by atoms with Crippen LogP contribution in [0.2, 0.25) is 0 Å². The zero-order valence-corrected chi connectivity index (χ0v) is 17.6. The minimum Gasteiger partial charge on any atom is -0.478 e. The molecule has 0 heterocycles. The zero-order chi connectivity index (χ0) is 21.9. The largest absolute Gasteiger partial charge is 0.478 e. The lowest BCUT2D eigenvalue weighted by atomic mass is 9.87. The van der Waals surface area contributed by atoms with Crippen LogP contribution in [0.3, 0.4) is 0 Å². The Morgan fingerprint density at radius 2 is 1.55 bits per heavy atom. The van der Waals surface area contributed by atoms with Crippen molar-refractivity contribution in [3.63, 3.8) is 0 Å². The number of aromatic carboxylic acids is 1. The van der Waals surface area contributed by atoms with Gasteiger partial charge in [-0.1, -0.05) is 19.4 Å². The molecule has 0 aliphatic rings. The third-order valence-electron chi connectivity index (χ3n) is 5.48. The molecule has 0 saturated heterocycles. The van der Waals surface area contributed by atoms with Crippen molar-refractivity contribution in [2.45, 2.75) is 47.5 Å². The third kappa shape index (κ3) is 4.31. The van der Waals surface area contributed by atoms with Gasteiger partial charge in [-0.3, -0.25) is 9.59 Å². The second kappa shape index (κ2) is 8.90. The lowest BCUT2D eigenvalue weighted by molar-refractivity contribution is 0.0690. The van der Waals surface area contributed by atoms with Crippen LogP contribution in [0, 0.1) is 27.7 Å². The number of nitrogens with one attached hydrogen (secondary N) is 1. The lowest BCUT2D eigenvalue weighted by Gasteiger charge is -2.18. The topological polar surface area (TPSA) is 109 Å². The van der Waals surface area contributed by atoms with Crippen LogP contribution in [-0.2, 0) is 0 Å². The first-order valence-electron chi connectivity index (χ1n) is 9.67.